The fraction of sp³-hybridized carbons (Fsp3) is 0.0800. The van der Waals surface area contributed by atoms with Gasteiger partial charge in [-0.1, -0.05) is 47.5 Å². The van der Waals surface area contributed by atoms with Crippen molar-refractivity contribution in [2.75, 3.05) is 16.9 Å². The number of nitrogens with one attached hydrogen (secondary N) is 2. The van der Waals surface area contributed by atoms with Gasteiger partial charge >= 0.3 is 5.69 Å². The van der Waals surface area contributed by atoms with E-state index in [1.165, 1.54) is 6.07 Å². The van der Waals surface area contributed by atoms with Crippen LogP contribution in [0.25, 0.3) is 6.08 Å². The highest BCUT2D eigenvalue weighted by Gasteiger charge is 2.35. The highest BCUT2D eigenvalue weighted by Crippen LogP contribution is 2.36. The van der Waals surface area contributed by atoms with E-state index in [0.717, 1.165) is 22.7 Å². The number of carbonyl (C=O) groups is 3. The molecule has 0 aromatic heterocycles. The third kappa shape index (κ3) is 5.34. The number of aryl methyl sites for hydroxylation is 1. The van der Waals surface area contributed by atoms with Gasteiger partial charge in [-0.15, -0.1) is 0 Å². The number of rotatable bonds is 7. The van der Waals surface area contributed by atoms with Crippen molar-refractivity contribution in [3.63, 3.8) is 0 Å². The van der Waals surface area contributed by atoms with Crippen LogP contribution in [0.1, 0.15) is 11.1 Å². The molecule has 1 aliphatic rings. The van der Waals surface area contributed by atoms with E-state index in [1.807, 2.05) is 19.1 Å². The molecule has 1 heterocycles. The van der Waals surface area contributed by atoms with Crippen LogP contribution in [0.15, 0.2) is 72.3 Å². The summed E-state index contributed by atoms with van der Waals surface area (Å²) < 4.78 is 5.52. The van der Waals surface area contributed by atoms with Gasteiger partial charge in [0.25, 0.3) is 17.7 Å². The number of nitro groups is 1. The maximum atomic E-state index is 12.9. The Hall–Kier alpha value is -4.70. The number of hydrogen-bond donors (Lipinski definition) is 2. The summed E-state index contributed by atoms with van der Waals surface area (Å²) in [6, 6.07) is 17.8. The van der Waals surface area contributed by atoms with Crippen LogP contribution < -0.4 is 20.5 Å². The summed E-state index contributed by atoms with van der Waals surface area (Å²) in [6.07, 6.45) is 1.15. The molecule has 2 N–H and O–H groups in total. The summed E-state index contributed by atoms with van der Waals surface area (Å²) in [4.78, 5) is 48.9. The van der Waals surface area contributed by atoms with Crippen LogP contribution in [0.4, 0.5) is 17.1 Å². The highest BCUT2D eigenvalue weighted by atomic mass is 35.5. The lowest BCUT2D eigenvalue weighted by Crippen LogP contribution is -2.35. The average molecular weight is 507 g/mol. The van der Waals surface area contributed by atoms with Gasteiger partial charge in [-0.3, -0.25) is 29.9 Å². The molecular weight excluding hydrogens is 488 g/mol. The first-order valence-electron chi connectivity index (χ1n) is 10.6. The van der Waals surface area contributed by atoms with Crippen molar-refractivity contribution < 1.29 is 24.0 Å². The van der Waals surface area contributed by atoms with E-state index in [9.17, 15) is 24.5 Å². The quantitative estimate of drug-likeness (QED) is 0.215. The number of amides is 3. The molecule has 0 atom stereocenters. The lowest BCUT2D eigenvalue weighted by molar-refractivity contribution is -0.385. The molecule has 3 aromatic rings. The van der Waals surface area contributed by atoms with Crippen molar-refractivity contribution in [1.82, 2.24) is 5.43 Å². The Labute approximate surface area is 210 Å². The van der Waals surface area contributed by atoms with Crippen molar-refractivity contribution in [1.29, 1.82) is 0 Å². The second kappa shape index (κ2) is 10.3. The van der Waals surface area contributed by atoms with Gasteiger partial charge < -0.3 is 10.1 Å². The van der Waals surface area contributed by atoms with Gasteiger partial charge in [0.05, 0.1) is 10.6 Å². The number of para-hydroxylation sites is 1. The first-order valence-corrected chi connectivity index (χ1v) is 11.0. The van der Waals surface area contributed by atoms with E-state index in [2.05, 4.69) is 10.7 Å². The zero-order valence-corrected chi connectivity index (χ0v) is 19.6. The summed E-state index contributed by atoms with van der Waals surface area (Å²) in [6.45, 7) is 1.33. The number of nitro benzene ring substituents is 1. The molecule has 4 rings (SSSR count). The lowest BCUT2D eigenvalue weighted by atomic mass is 10.1. The Balaban J connectivity index is 1.63. The first kappa shape index (κ1) is 24.4. The smallest absolute Gasteiger partial charge is 0.313 e. The molecule has 0 aliphatic carbocycles. The Kier molecular flexibility index (Phi) is 6.98. The maximum absolute atomic E-state index is 12.9. The van der Waals surface area contributed by atoms with Gasteiger partial charge in [0.1, 0.15) is 5.57 Å². The van der Waals surface area contributed by atoms with E-state index in [-0.39, 0.29) is 21.9 Å². The minimum absolute atomic E-state index is 0.00857. The molecule has 0 radical (unpaired) electrons. The SMILES string of the molecule is Cc1ccc(NC(=O)COc2c(/C=C3/C(=O)NN(c4ccccc4)C3=O)cc(Cl)cc2[N+](=O)[O-])cc1. The zero-order chi connectivity index (χ0) is 25.8. The van der Waals surface area contributed by atoms with Crippen molar-refractivity contribution in [2.24, 2.45) is 0 Å². The Bertz CT molecular complexity index is 1390. The molecule has 36 heavy (non-hydrogen) atoms. The number of hydrogen-bond acceptors (Lipinski definition) is 6. The third-order valence-electron chi connectivity index (χ3n) is 5.15. The second-order valence-corrected chi connectivity index (χ2v) is 8.21. The number of halogens is 1. The van der Waals surface area contributed by atoms with Gasteiger partial charge in [0.2, 0.25) is 5.75 Å². The molecule has 0 spiro atoms. The van der Waals surface area contributed by atoms with Crippen LogP contribution in [0.5, 0.6) is 5.75 Å². The van der Waals surface area contributed by atoms with Crippen LogP contribution >= 0.6 is 11.6 Å². The van der Waals surface area contributed by atoms with Gasteiger partial charge in [-0.2, -0.15) is 0 Å². The summed E-state index contributed by atoms with van der Waals surface area (Å²) in [5.41, 5.74) is 3.59. The molecule has 0 bridgehead atoms. The third-order valence-corrected chi connectivity index (χ3v) is 5.37. The minimum atomic E-state index is -0.728. The van der Waals surface area contributed by atoms with E-state index in [1.54, 1.807) is 42.5 Å². The normalized spacial score (nSPS) is 14.1. The Morgan fingerprint density at radius 1 is 1.14 bits per heavy atom. The standard InChI is InChI=1S/C25H19ClN4O6/c1-15-7-9-18(10-8-15)27-22(31)14-36-23-16(11-17(26)13-21(23)30(34)35)12-20-24(32)28-29(25(20)33)19-5-3-2-4-6-19/h2-13H,14H2,1H3,(H,27,31)(H,28,32)/b20-12-. The molecule has 1 saturated heterocycles. The predicted octanol–water partition coefficient (Wildman–Crippen LogP) is 4.04. The van der Waals surface area contributed by atoms with Crippen molar-refractivity contribution in [2.45, 2.75) is 6.92 Å². The molecule has 3 amide bonds. The number of carbonyl (C=O) groups excluding carboxylic acids is 3. The fourth-order valence-corrected chi connectivity index (χ4v) is 3.66. The van der Waals surface area contributed by atoms with Crippen molar-refractivity contribution in [3.05, 3.63) is 98.6 Å². The minimum Gasteiger partial charge on any atom is -0.476 e. The molecule has 10 nitrogen and oxygen atoms in total. The zero-order valence-electron chi connectivity index (χ0n) is 18.9. The van der Waals surface area contributed by atoms with E-state index in [4.69, 9.17) is 16.3 Å². The molecule has 182 valence electrons. The van der Waals surface area contributed by atoms with E-state index in [0.29, 0.717) is 11.4 Å². The van der Waals surface area contributed by atoms with Gasteiger partial charge in [0.15, 0.2) is 6.61 Å². The van der Waals surface area contributed by atoms with E-state index < -0.39 is 34.9 Å². The largest absolute Gasteiger partial charge is 0.476 e. The summed E-state index contributed by atoms with van der Waals surface area (Å²) >= 11 is 6.07. The summed E-state index contributed by atoms with van der Waals surface area (Å²) in [7, 11) is 0. The Morgan fingerprint density at radius 3 is 2.50 bits per heavy atom. The Morgan fingerprint density at radius 2 is 1.83 bits per heavy atom. The van der Waals surface area contributed by atoms with Crippen LogP contribution in [-0.2, 0) is 14.4 Å². The van der Waals surface area contributed by atoms with Gasteiger partial charge in [-0.25, -0.2) is 5.01 Å². The van der Waals surface area contributed by atoms with Crippen LogP contribution in [0, 0.1) is 17.0 Å². The van der Waals surface area contributed by atoms with E-state index >= 15 is 0 Å². The maximum Gasteiger partial charge on any atom is 0.313 e. The molecule has 11 heteroatoms. The number of ether oxygens (including phenoxy) is 1. The summed E-state index contributed by atoms with van der Waals surface area (Å²) in [5, 5.41) is 15.4. The van der Waals surface area contributed by atoms with Crippen LogP contribution in [0.3, 0.4) is 0 Å². The van der Waals surface area contributed by atoms with Crippen LogP contribution in [-0.4, -0.2) is 29.3 Å². The van der Waals surface area contributed by atoms with Gasteiger partial charge in [0, 0.05) is 22.3 Å². The molecule has 0 unspecified atom stereocenters. The lowest BCUT2D eigenvalue weighted by Gasteiger charge is -2.14. The number of hydrazine groups is 1. The second-order valence-electron chi connectivity index (χ2n) is 7.78. The number of benzene rings is 3. The molecular formula is C25H19ClN4O6. The number of anilines is 2. The van der Waals surface area contributed by atoms with Gasteiger partial charge in [-0.05, 0) is 43.3 Å². The average Bonchev–Trinajstić information content (AvgIpc) is 3.13. The van der Waals surface area contributed by atoms with Crippen molar-refractivity contribution in [3.8, 4) is 5.75 Å². The van der Waals surface area contributed by atoms with Crippen LogP contribution in [0.2, 0.25) is 5.02 Å². The fourth-order valence-electron chi connectivity index (χ4n) is 3.44. The molecule has 0 saturated carbocycles. The highest BCUT2D eigenvalue weighted by molar-refractivity contribution is 6.32. The number of nitrogens with zero attached hydrogens (tertiary/aromatic N) is 2. The first-order chi connectivity index (χ1) is 17.2. The molecule has 3 aromatic carbocycles. The predicted molar refractivity (Wildman–Crippen MR) is 133 cm³/mol. The summed E-state index contributed by atoms with van der Waals surface area (Å²) in [5.74, 6) is -2.26. The topological polar surface area (TPSA) is 131 Å². The molecule has 1 fully saturated rings. The van der Waals surface area contributed by atoms with Crippen molar-refractivity contribution >= 4 is 52.5 Å². The monoisotopic (exact) mass is 506 g/mol. The molecule has 1 aliphatic heterocycles.